The SMILES string of the molecule is COC(=O)c1ccc(C(=O)Nc2ccc(C)cc2F)nc1. The summed E-state index contributed by atoms with van der Waals surface area (Å²) in [5, 5.41) is 2.42. The van der Waals surface area contributed by atoms with Gasteiger partial charge in [-0.2, -0.15) is 0 Å². The van der Waals surface area contributed by atoms with Crippen LogP contribution < -0.4 is 5.32 Å². The van der Waals surface area contributed by atoms with Crippen molar-refractivity contribution in [2.24, 2.45) is 0 Å². The summed E-state index contributed by atoms with van der Waals surface area (Å²) in [6.07, 6.45) is 1.23. The average molecular weight is 288 g/mol. The fourth-order valence-corrected chi connectivity index (χ4v) is 1.67. The quantitative estimate of drug-likeness (QED) is 0.881. The van der Waals surface area contributed by atoms with Gasteiger partial charge in [0, 0.05) is 6.20 Å². The second-order valence-electron chi connectivity index (χ2n) is 4.36. The van der Waals surface area contributed by atoms with Crippen LogP contribution in [0.3, 0.4) is 0 Å². The van der Waals surface area contributed by atoms with Crippen LogP contribution in [-0.2, 0) is 4.74 Å². The second-order valence-corrected chi connectivity index (χ2v) is 4.36. The monoisotopic (exact) mass is 288 g/mol. The maximum atomic E-state index is 13.6. The number of aryl methyl sites for hydroxylation is 1. The van der Waals surface area contributed by atoms with Crippen molar-refractivity contribution < 1.29 is 18.7 Å². The minimum atomic E-state index is -0.561. The van der Waals surface area contributed by atoms with Crippen LogP contribution in [0.5, 0.6) is 0 Å². The molecule has 0 radical (unpaired) electrons. The van der Waals surface area contributed by atoms with E-state index in [1.807, 2.05) is 0 Å². The number of anilines is 1. The number of esters is 1. The Morgan fingerprint density at radius 1 is 1.24 bits per heavy atom. The van der Waals surface area contributed by atoms with E-state index in [9.17, 15) is 14.0 Å². The van der Waals surface area contributed by atoms with E-state index in [0.717, 1.165) is 5.56 Å². The van der Waals surface area contributed by atoms with E-state index in [0.29, 0.717) is 0 Å². The highest BCUT2D eigenvalue weighted by Crippen LogP contribution is 2.16. The largest absolute Gasteiger partial charge is 0.465 e. The van der Waals surface area contributed by atoms with Gasteiger partial charge in [0.25, 0.3) is 5.91 Å². The van der Waals surface area contributed by atoms with Gasteiger partial charge >= 0.3 is 5.97 Å². The lowest BCUT2D eigenvalue weighted by Gasteiger charge is -2.07. The van der Waals surface area contributed by atoms with E-state index >= 15 is 0 Å². The first-order chi connectivity index (χ1) is 10.0. The number of methoxy groups -OCH3 is 1. The zero-order valence-corrected chi connectivity index (χ0v) is 11.5. The molecule has 0 spiro atoms. The lowest BCUT2D eigenvalue weighted by molar-refractivity contribution is 0.0600. The molecule has 2 rings (SSSR count). The molecule has 0 saturated heterocycles. The van der Waals surface area contributed by atoms with E-state index in [-0.39, 0.29) is 16.9 Å². The number of amides is 1. The molecule has 21 heavy (non-hydrogen) atoms. The molecule has 0 atom stereocenters. The number of ether oxygens (including phenoxy) is 1. The average Bonchev–Trinajstić information content (AvgIpc) is 2.49. The molecule has 0 saturated carbocycles. The topological polar surface area (TPSA) is 68.3 Å². The molecule has 5 nitrogen and oxygen atoms in total. The van der Waals surface area contributed by atoms with Gasteiger partial charge in [-0.3, -0.25) is 9.78 Å². The molecule has 0 fully saturated rings. The number of benzene rings is 1. The molecule has 1 amide bonds. The van der Waals surface area contributed by atoms with E-state index in [1.165, 1.54) is 37.6 Å². The van der Waals surface area contributed by atoms with Crippen molar-refractivity contribution in [2.45, 2.75) is 6.92 Å². The van der Waals surface area contributed by atoms with Gasteiger partial charge in [-0.25, -0.2) is 9.18 Å². The first kappa shape index (κ1) is 14.6. The lowest BCUT2D eigenvalue weighted by Crippen LogP contribution is -2.15. The van der Waals surface area contributed by atoms with Crippen molar-refractivity contribution in [3.05, 3.63) is 59.2 Å². The summed E-state index contributed by atoms with van der Waals surface area (Å²) < 4.78 is 18.2. The molecule has 1 aromatic carbocycles. The normalized spacial score (nSPS) is 10.0. The molecular formula is C15H13FN2O3. The summed E-state index contributed by atoms with van der Waals surface area (Å²) in [5.74, 6) is -1.62. The number of rotatable bonds is 3. The van der Waals surface area contributed by atoms with Crippen molar-refractivity contribution in [1.82, 2.24) is 4.98 Å². The third-order valence-corrected chi connectivity index (χ3v) is 2.79. The molecule has 2 aromatic rings. The van der Waals surface area contributed by atoms with Gasteiger partial charge in [0.05, 0.1) is 18.4 Å². The maximum Gasteiger partial charge on any atom is 0.339 e. The first-order valence-electron chi connectivity index (χ1n) is 6.13. The van der Waals surface area contributed by atoms with Crippen LogP contribution in [0.25, 0.3) is 0 Å². The highest BCUT2D eigenvalue weighted by molar-refractivity contribution is 6.03. The summed E-state index contributed by atoms with van der Waals surface area (Å²) in [7, 11) is 1.25. The predicted molar refractivity (Wildman–Crippen MR) is 74.7 cm³/mol. The van der Waals surface area contributed by atoms with E-state index in [4.69, 9.17) is 0 Å². The molecule has 6 heteroatoms. The van der Waals surface area contributed by atoms with Crippen LogP contribution in [0.1, 0.15) is 26.4 Å². The third kappa shape index (κ3) is 3.42. The lowest BCUT2D eigenvalue weighted by atomic mass is 10.2. The van der Waals surface area contributed by atoms with Crippen molar-refractivity contribution in [1.29, 1.82) is 0 Å². The summed E-state index contributed by atoms with van der Waals surface area (Å²) >= 11 is 0. The molecule has 0 aliphatic heterocycles. The number of carbonyl (C=O) groups excluding carboxylic acids is 2. The number of halogens is 1. The Hall–Kier alpha value is -2.76. The zero-order valence-electron chi connectivity index (χ0n) is 11.5. The van der Waals surface area contributed by atoms with Crippen LogP contribution in [0.15, 0.2) is 36.5 Å². The summed E-state index contributed by atoms with van der Waals surface area (Å²) in [6, 6.07) is 7.27. The van der Waals surface area contributed by atoms with E-state index < -0.39 is 17.7 Å². The minimum Gasteiger partial charge on any atom is -0.465 e. The van der Waals surface area contributed by atoms with Gasteiger partial charge < -0.3 is 10.1 Å². The number of carbonyl (C=O) groups is 2. The van der Waals surface area contributed by atoms with Crippen LogP contribution in [0.4, 0.5) is 10.1 Å². The first-order valence-corrected chi connectivity index (χ1v) is 6.13. The highest BCUT2D eigenvalue weighted by Gasteiger charge is 2.12. The summed E-state index contributed by atoms with van der Waals surface area (Å²) in [6.45, 7) is 1.75. The van der Waals surface area contributed by atoms with Crippen LogP contribution in [-0.4, -0.2) is 24.0 Å². The van der Waals surface area contributed by atoms with E-state index in [2.05, 4.69) is 15.0 Å². The smallest absolute Gasteiger partial charge is 0.339 e. The molecule has 0 bridgehead atoms. The molecule has 1 heterocycles. The van der Waals surface area contributed by atoms with Gasteiger partial charge in [-0.15, -0.1) is 0 Å². The third-order valence-electron chi connectivity index (χ3n) is 2.79. The predicted octanol–water partition coefficient (Wildman–Crippen LogP) is 2.57. The fourth-order valence-electron chi connectivity index (χ4n) is 1.67. The zero-order chi connectivity index (χ0) is 15.4. The highest BCUT2D eigenvalue weighted by atomic mass is 19.1. The van der Waals surface area contributed by atoms with Crippen molar-refractivity contribution >= 4 is 17.6 Å². The number of nitrogens with zero attached hydrogens (tertiary/aromatic N) is 1. The summed E-state index contributed by atoms with van der Waals surface area (Å²) in [4.78, 5) is 27.1. The Bertz CT molecular complexity index is 684. The number of hydrogen-bond donors (Lipinski definition) is 1. The summed E-state index contributed by atoms with van der Waals surface area (Å²) in [5.41, 5.74) is 1.13. The Kier molecular flexibility index (Phi) is 4.27. The maximum absolute atomic E-state index is 13.6. The number of pyridine rings is 1. The standard InChI is InChI=1S/C15H13FN2O3/c1-9-3-5-12(11(16)7-9)18-14(19)13-6-4-10(8-17-13)15(20)21-2/h3-8H,1-2H3,(H,18,19). The van der Waals surface area contributed by atoms with Crippen molar-refractivity contribution in [3.8, 4) is 0 Å². The van der Waals surface area contributed by atoms with Crippen LogP contribution >= 0.6 is 0 Å². The van der Waals surface area contributed by atoms with E-state index in [1.54, 1.807) is 13.0 Å². The molecule has 1 aromatic heterocycles. The van der Waals surface area contributed by atoms with Gasteiger partial charge in [0.1, 0.15) is 11.5 Å². The number of aromatic nitrogens is 1. The molecule has 0 aliphatic carbocycles. The van der Waals surface area contributed by atoms with Crippen molar-refractivity contribution in [2.75, 3.05) is 12.4 Å². The Balaban J connectivity index is 2.15. The minimum absolute atomic E-state index is 0.0719. The van der Waals surface area contributed by atoms with Gasteiger partial charge in [-0.05, 0) is 36.8 Å². The molecular weight excluding hydrogens is 275 g/mol. The van der Waals surface area contributed by atoms with Gasteiger partial charge in [0.15, 0.2) is 0 Å². The van der Waals surface area contributed by atoms with Crippen LogP contribution in [0.2, 0.25) is 0 Å². The Morgan fingerprint density at radius 2 is 2.00 bits per heavy atom. The fraction of sp³-hybridized carbons (Fsp3) is 0.133. The Morgan fingerprint density at radius 3 is 2.57 bits per heavy atom. The Labute approximate surface area is 120 Å². The molecule has 108 valence electrons. The number of nitrogens with one attached hydrogen (secondary N) is 1. The van der Waals surface area contributed by atoms with Crippen LogP contribution in [0, 0.1) is 12.7 Å². The second kappa shape index (κ2) is 6.13. The molecule has 1 N–H and O–H groups in total. The molecule has 0 aliphatic rings. The van der Waals surface area contributed by atoms with Gasteiger partial charge in [-0.1, -0.05) is 6.07 Å². The van der Waals surface area contributed by atoms with Gasteiger partial charge in [0.2, 0.25) is 0 Å². The van der Waals surface area contributed by atoms with Crippen molar-refractivity contribution in [3.63, 3.8) is 0 Å². The number of hydrogen-bond acceptors (Lipinski definition) is 4. The molecule has 0 unspecified atom stereocenters.